The second-order valence-corrected chi connectivity index (χ2v) is 4.54. The van der Waals surface area contributed by atoms with E-state index in [1.54, 1.807) is 4.90 Å². The van der Waals surface area contributed by atoms with Gasteiger partial charge in [0.1, 0.15) is 5.40 Å². The fourth-order valence-electron chi connectivity index (χ4n) is 1.75. The molecule has 0 N–H and O–H groups in total. The summed E-state index contributed by atoms with van der Waals surface area (Å²) in [6, 6.07) is 18.9. The van der Waals surface area contributed by atoms with Crippen molar-refractivity contribution in [3.05, 3.63) is 60.7 Å². The van der Waals surface area contributed by atoms with Crippen molar-refractivity contribution in [2.45, 2.75) is 0 Å². The van der Waals surface area contributed by atoms with Gasteiger partial charge in [-0.2, -0.15) is 5.26 Å². The highest BCUT2D eigenvalue weighted by molar-refractivity contribution is 8.04. The summed E-state index contributed by atoms with van der Waals surface area (Å²) in [6.07, 6.45) is 0. The fourth-order valence-corrected chi connectivity index (χ4v) is 2.07. The molecule has 2 rings (SSSR count). The smallest absolute Gasteiger partial charge is 0.242 e. The Bertz CT molecular complexity index is 539. The Morgan fingerprint density at radius 2 is 1.47 bits per heavy atom. The summed E-state index contributed by atoms with van der Waals surface area (Å²) in [6.45, 7) is 0. The van der Waals surface area contributed by atoms with Crippen LogP contribution in [0.15, 0.2) is 60.7 Å². The second kappa shape index (κ2) is 6.62. The maximum absolute atomic E-state index is 12.3. The molecule has 4 heteroatoms. The lowest BCUT2D eigenvalue weighted by molar-refractivity contribution is -0.115. The molecule has 0 saturated heterocycles. The summed E-state index contributed by atoms with van der Waals surface area (Å²) in [5.41, 5.74) is 1.61. The molecule has 3 nitrogen and oxygen atoms in total. The van der Waals surface area contributed by atoms with Crippen molar-refractivity contribution < 1.29 is 4.79 Å². The van der Waals surface area contributed by atoms with E-state index < -0.39 is 0 Å². The molecule has 0 unspecified atom stereocenters. The molecule has 0 fully saturated rings. The minimum atomic E-state index is -0.107. The molecule has 0 bridgehead atoms. The first kappa shape index (κ1) is 13.2. The third-order valence-corrected chi connectivity index (χ3v) is 3.06. The Morgan fingerprint density at radius 3 is 1.89 bits per heavy atom. The molecule has 19 heavy (non-hydrogen) atoms. The number of para-hydroxylation sites is 2. The first-order valence-corrected chi connectivity index (χ1v) is 6.75. The number of nitriles is 1. The predicted octanol–water partition coefficient (Wildman–Crippen LogP) is 3.57. The topological polar surface area (TPSA) is 44.1 Å². The number of anilines is 2. The fraction of sp³-hybridized carbons (Fsp3) is 0.0667. The van der Waals surface area contributed by atoms with E-state index >= 15 is 0 Å². The molecule has 0 aliphatic carbocycles. The highest BCUT2D eigenvalue weighted by Crippen LogP contribution is 2.25. The van der Waals surface area contributed by atoms with Crippen molar-refractivity contribution in [3.63, 3.8) is 0 Å². The number of nitrogens with zero attached hydrogens (tertiary/aromatic N) is 2. The van der Waals surface area contributed by atoms with Crippen LogP contribution in [0.5, 0.6) is 0 Å². The van der Waals surface area contributed by atoms with Crippen LogP contribution in [-0.2, 0) is 4.79 Å². The maximum Gasteiger partial charge on any atom is 0.242 e. The highest BCUT2D eigenvalue weighted by Gasteiger charge is 2.17. The van der Waals surface area contributed by atoms with Crippen molar-refractivity contribution in [3.8, 4) is 5.40 Å². The molecule has 0 atom stereocenters. The Kier molecular flexibility index (Phi) is 4.60. The number of carbonyl (C=O) groups excluding carboxylic acids is 1. The molecule has 2 aromatic carbocycles. The zero-order valence-electron chi connectivity index (χ0n) is 10.2. The summed E-state index contributed by atoms with van der Waals surface area (Å²) >= 11 is 0.948. The van der Waals surface area contributed by atoms with Gasteiger partial charge in [0, 0.05) is 11.4 Å². The van der Waals surface area contributed by atoms with Crippen molar-refractivity contribution in [2.24, 2.45) is 0 Å². The van der Waals surface area contributed by atoms with E-state index in [2.05, 4.69) is 0 Å². The summed E-state index contributed by atoms with van der Waals surface area (Å²) in [7, 11) is 0. The van der Waals surface area contributed by atoms with Gasteiger partial charge < -0.3 is 0 Å². The average Bonchev–Trinajstić information content (AvgIpc) is 2.47. The van der Waals surface area contributed by atoms with E-state index in [-0.39, 0.29) is 11.7 Å². The maximum atomic E-state index is 12.3. The van der Waals surface area contributed by atoms with Crippen LogP contribution in [0.2, 0.25) is 0 Å². The van der Waals surface area contributed by atoms with Gasteiger partial charge in [-0.25, -0.2) is 0 Å². The minimum absolute atomic E-state index is 0.107. The summed E-state index contributed by atoms with van der Waals surface area (Å²) in [5, 5.41) is 10.5. The van der Waals surface area contributed by atoms with Gasteiger partial charge in [-0.05, 0) is 36.0 Å². The second-order valence-electron chi connectivity index (χ2n) is 3.78. The number of thiocyanates is 1. The van der Waals surface area contributed by atoms with Gasteiger partial charge in [-0.15, -0.1) is 0 Å². The van der Waals surface area contributed by atoms with Crippen LogP contribution in [0.1, 0.15) is 0 Å². The molecular formula is C15H12N2OS. The van der Waals surface area contributed by atoms with Crippen LogP contribution < -0.4 is 4.90 Å². The molecular weight excluding hydrogens is 256 g/mol. The summed E-state index contributed by atoms with van der Waals surface area (Å²) < 4.78 is 0. The van der Waals surface area contributed by atoms with Gasteiger partial charge in [0.2, 0.25) is 5.91 Å². The van der Waals surface area contributed by atoms with Gasteiger partial charge in [-0.3, -0.25) is 9.69 Å². The van der Waals surface area contributed by atoms with E-state index in [4.69, 9.17) is 5.26 Å². The van der Waals surface area contributed by atoms with Crippen molar-refractivity contribution in [1.82, 2.24) is 0 Å². The number of hydrogen-bond acceptors (Lipinski definition) is 3. The lowest BCUT2D eigenvalue weighted by atomic mass is 10.2. The lowest BCUT2D eigenvalue weighted by Gasteiger charge is -2.22. The van der Waals surface area contributed by atoms with Crippen molar-refractivity contribution in [1.29, 1.82) is 5.26 Å². The van der Waals surface area contributed by atoms with Crippen LogP contribution in [0.4, 0.5) is 11.4 Å². The molecule has 0 spiro atoms. The van der Waals surface area contributed by atoms with E-state index in [0.717, 1.165) is 23.1 Å². The van der Waals surface area contributed by atoms with E-state index in [0.29, 0.717) is 0 Å². The largest absolute Gasteiger partial charge is 0.280 e. The lowest BCUT2D eigenvalue weighted by Crippen LogP contribution is -2.27. The Labute approximate surface area is 116 Å². The first-order valence-electron chi connectivity index (χ1n) is 5.77. The van der Waals surface area contributed by atoms with Crippen LogP contribution in [0.25, 0.3) is 0 Å². The number of hydrogen-bond donors (Lipinski definition) is 0. The monoisotopic (exact) mass is 268 g/mol. The molecule has 0 radical (unpaired) electrons. The van der Waals surface area contributed by atoms with Crippen molar-refractivity contribution in [2.75, 3.05) is 10.7 Å². The van der Waals surface area contributed by atoms with E-state index in [1.165, 1.54) is 0 Å². The Morgan fingerprint density at radius 1 is 1.00 bits per heavy atom. The molecule has 1 amide bonds. The quantitative estimate of drug-likeness (QED) is 0.796. The zero-order chi connectivity index (χ0) is 13.5. The molecule has 0 saturated carbocycles. The highest BCUT2D eigenvalue weighted by atomic mass is 32.2. The standard InChI is InChI=1S/C15H12N2OS/c16-12-19-11-15(18)17(13-7-3-1-4-8-13)14-9-5-2-6-10-14/h1-10H,11H2. The Hall–Kier alpha value is -2.25. The SMILES string of the molecule is N#CSCC(=O)N(c1ccccc1)c1ccccc1. The molecule has 94 valence electrons. The first-order chi connectivity index (χ1) is 9.33. The minimum Gasteiger partial charge on any atom is -0.280 e. The van der Waals surface area contributed by atoms with Gasteiger partial charge in [0.05, 0.1) is 5.75 Å². The normalized spacial score (nSPS) is 9.63. The Balaban J connectivity index is 2.35. The van der Waals surface area contributed by atoms with Crippen molar-refractivity contribution >= 4 is 29.0 Å². The van der Waals surface area contributed by atoms with Crippen LogP contribution in [0, 0.1) is 10.7 Å². The van der Waals surface area contributed by atoms with Gasteiger partial charge in [0.15, 0.2) is 0 Å². The van der Waals surface area contributed by atoms with Gasteiger partial charge in [0.25, 0.3) is 0 Å². The van der Waals surface area contributed by atoms with Gasteiger partial charge in [-0.1, -0.05) is 36.4 Å². The predicted molar refractivity (Wildman–Crippen MR) is 78.1 cm³/mol. The molecule has 0 aliphatic rings. The molecule has 0 aromatic heterocycles. The molecule has 0 aliphatic heterocycles. The number of carbonyl (C=O) groups is 1. The summed E-state index contributed by atoms with van der Waals surface area (Å²) in [5.74, 6) is 0.0317. The van der Waals surface area contributed by atoms with Crippen LogP contribution >= 0.6 is 11.8 Å². The number of rotatable bonds is 4. The molecule has 0 heterocycles. The van der Waals surface area contributed by atoms with Crippen LogP contribution in [-0.4, -0.2) is 11.7 Å². The van der Waals surface area contributed by atoms with Crippen LogP contribution in [0.3, 0.4) is 0 Å². The number of amides is 1. The van der Waals surface area contributed by atoms with E-state index in [1.807, 2.05) is 66.1 Å². The third-order valence-electron chi connectivity index (χ3n) is 2.54. The average molecular weight is 268 g/mol. The van der Waals surface area contributed by atoms with E-state index in [9.17, 15) is 4.79 Å². The number of thioether (sulfide) groups is 1. The third kappa shape index (κ3) is 3.36. The number of benzene rings is 2. The zero-order valence-corrected chi connectivity index (χ0v) is 11.0. The molecule has 2 aromatic rings. The van der Waals surface area contributed by atoms with Gasteiger partial charge >= 0.3 is 0 Å². The summed E-state index contributed by atoms with van der Waals surface area (Å²) in [4.78, 5) is 13.9.